The molecule has 1 heterocycles. The number of hydrogen-bond acceptors (Lipinski definition) is 2. The molecule has 0 aromatic heterocycles. The molecule has 1 saturated heterocycles. The Labute approximate surface area is 99.4 Å². The predicted molar refractivity (Wildman–Crippen MR) is 66.5 cm³/mol. The number of nitrogens with zero attached hydrogens (tertiary/aromatic N) is 1. The minimum Gasteiger partial charge on any atom is -0.300 e. The van der Waals surface area contributed by atoms with Gasteiger partial charge in [-0.2, -0.15) is 0 Å². The van der Waals surface area contributed by atoms with E-state index in [0.29, 0.717) is 11.8 Å². The molecular weight excluding hydrogens is 198 g/mol. The summed E-state index contributed by atoms with van der Waals surface area (Å²) in [6.45, 7) is 3.27. The second-order valence-electron chi connectivity index (χ2n) is 5.46. The lowest BCUT2D eigenvalue weighted by Gasteiger charge is -2.42. The Kier molecular flexibility index (Phi) is 4.39. The Hall–Kier alpha value is -0.370. The van der Waals surface area contributed by atoms with Crippen molar-refractivity contribution in [2.75, 3.05) is 6.54 Å². The van der Waals surface area contributed by atoms with Crippen LogP contribution in [0.3, 0.4) is 0 Å². The normalized spacial score (nSPS) is 29.6. The number of ketones is 1. The van der Waals surface area contributed by atoms with E-state index in [0.717, 1.165) is 25.4 Å². The number of Topliss-reactive ketones (excluding diaryl/α,β-unsaturated/α-hetero) is 1. The highest BCUT2D eigenvalue weighted by atomic mass is 16.1. The van der Waals surface area contributed by atoms with Gasteiger partial charge >= 0.3 is 0 Å². The van der Waals surface area contributed by atoms with Crippen molar-refractivity contribution < 1.29 is 4.79 Å². The van der Waals surface area contributed by atoms with Crippen LogP contribution in [0.15, 0.2) is 0 Å². The maximum Gasteiger partial charge on any atom is 0.135 e. The fourth-order valence-electron chi connectivity index (χ4n) is 3.41. The summed E-state index contributed by atoms with van der Waals surface area (Å²) < 4.78 is 0. The summed E-state index contributed by atoms with van der Waals surface area (Å²) in [4.78, 5) is 14.2. The average molecular weight is 223 g/mol. The van der Waals surface area contributed by atoms with Gasteiger partial charge < -0.3 is 0 Å². The van der Waals surface area contributed by atoms with E-state index in [1.807, 2.05) is 0 Å². The number of carbonyl (C=O) groups is 1. The summed E-state index contributed by atoms with van der Waals surface area (Å²) in [5.41, 5.74) is 0. The van der Waals surface area contributed by atoms with Gasteiger partial charge in [-0.3, -0.25) is 9.69 Å². The van der Waals surface area contributed by atoms with Gasteiger partial charge in [0, 0.05) is 31.5 Å². The van der Waals surface area contributed by atoms with Crippen LogP contribution in [0.2, 0.25) is 0 Å². The van der Waals surface area contributed by atoms with Crippen LogP contribution in [-0.4, -0.2) is 29.3 Å². The Morgan fingerprint density at radius 1 is 1.25 bits per heavy atom. The molecule has 1 saturated carbocycles. The molecule has 0 bridgehead atoms. The molecule has 0 aromatic carbocycles. The lowest BCUT2D eigenvalue weighted by atomic mass is 9.89. The molecule has 0 spiro atoms. The smallest absolute Gasteiger partial charge is 0.135 e. The minimum atomic E-state index is 0.491. The molecule has 0 aromatic rings. The van der Waals surface area contributed by atoms with Crippen LogP contribution >= 0.6 is 0 Å². The Morgan fingerprint density at radius 3 is 2.69 bits per heavy atom. The van der Waals surface area contributed by atoms with E-state index in [1.165, 1.54) is 44.9 Å². The molecule has 1 unspecified atom stereocenters. The zero-order valence-electron chi connectivity index (χ0n) is 10.6. The van der Waals surface area contributed by atoms with E-state index >= 15 is 0 Å². The number of hydrogen-bond donors (Lipinski definition) is 0. The third kappa shape index (κ3) is 2.85. The second-order valence-corrected chi connectivity index (χ2v) is 5.46. The van der Waals surface area contributed by atoms with Crippen molar-refractivity contribution in [2.45, 2.75) is 76.8 Å². The predicted octanol–water partition coefficient (Wildman–Crippen LogP) is 3.15. The standard InChI is InChI=1S/C14H25NO/c1-2-6-13-11-14(16)9-10-15(13)12-7-4-3-5-8-12/h12-13H,2-11H2,1H3. The number of rotatable bonds is 3. The van der Waals surface area contributed by atoms with Crippen molar-refractivity contribution in [1.29, 1.82) is 0 Å². The highest BCUT2D eigenvalue weighted by Gasteiger charge is 2.31. The van der Waals surface area contributed by atoms with Crippen molar-refractivity contribution in [3.05, 3.63) is 0 Å². The first-order chi connectivity index (χ1) is 7.81. The molecule has 2 heteroatoms. The Balaban J connectivity index is 1.96. The van der Waals surface area contributed by atoms with Crippen molar-refractivity contribution in [1.82, 2.24) is 4.90 Å². The molecule has 2 fully saturated rings. The Morgan fingerprint density at radius 2 is 2.00 bits per heavy atom. The summed E-state index contributed by atoms with van der Waals surface area (Å²) in [5.74, 6) is 0.491. The fourth-order valence-corrected chi connectivity index (χ4v) is 3.41. The van der Waals surface area contributed by atoms with Crippen molar-refractivity contribution >= 4 is 5.78 Å². The molecule has 1 atom stereocenters. The van der Waals surface area contributed by atoms with E-state index in [9.17, 15) is 4.79 Å². The highest BCUT2D eigenvalue weighted by Crippen LogP contribution is 2.29. The van der Waals surface area contributed by atoms with Gasteiger partial charge in [-0.15, -0.1) is 0 Å². The second kappa shape index (κ2) is 5.81. The third-order valence-electron chi connectivity index (χ3n) is 4.25. The highest BCUT2D eigenvalue weighted by molar-refractivity contribution is 5.80. The van der Waals surface area contributed by atoms with E-state index in [1.54, 1.807) is 0 Å². The fraction of sp³-hybridized carbons (Fsp3) is 0.929. The molecule has 16 heavy (non-hydrogen) atoms. The van der Waals surface area contributed by atoms with Crippen LogP contribution in [0.1, 0.15) is 64.7 Å². The first kappa shape index (κ1) is 12.1. The van der Waals surface area contributed by atoms with E-state index in [2.05, 4.69) is 11.8 Å². The number of piperidine rings is 1. The van der Waals surface area contributed by atoms with Gasteiger partial charge in [0.2, 0.25) is 0 Å². The molecule has 2 nitrogen and oxygen atoms in total. The van der Waals surface area contributed by atoms with Gasteiger partial charge in [-0.25, -0.2) is 0 Å². The Bertz CT molecular complexity index is 233. The van der Waals surface area contributed by atoms with Crippen molar-refractivity contribution in [3.8, 4) is 0 Å². The molecule has 2 aliphatic rings. The lowest BCUT2D eigenvalue weighted by Crippen LogP contribution is -2.49. The molecule has 92 valence electrons. The van der Waals surface area contributed by atoms with Gasteiger partial charge in [0.1, 0.15) is 5.78 Å². The van der Waals surface area contributed by atoms with Crippen LogP contribution in [0.5, 0.6) is 0 Å². The molecular formula is C14H25NO. The van der Waals surface area contributed by atoms with E-state index in [4.69, 9.17) is 0 Å². The molecule has 0 amide bonds. The first-order valence-corrected chi connectivity index (χ1v) is 7.08. The molecule has 1 aliphatic heterocycles. The minimum absolute atomic E-state index is 0.491. The first-order valence-electron chi connectivity index (χ1n) is 7.08. The zero-order chi connectivity index (χ0) is 11.4. The maximum absolute atomic E-state index is 11.5. The molecule has 0 N–H and O–H groups in total. The SMILES string of the molecule is CCCC1CC(=O)CCN1C1CCCCC1. The van der Waals surface area contributed by atoms with Crippen LogP contribution in [0.25, 0.3) is 0 Å². The largest absolute Gasteiger partial charge is 0.300 e. The van der Waals surface area contributed by atoms with Gasteiger partial charge in [-0.05, 0) is 19.3 Å². The van der Waals surface area contributed by atoms with Crippen LogP contribution < -0.4 is 0 Å². The van der Waals surface area contributed by atoms with Gasteiger partial charge in [0.05, 0.1) is 0 Å². The summed E-state index contributed by atoms with van der Waals surface area (Å²) in [6, 6.07) is 1.35. The molecule has 0 radical (unpaired) electrons. The van der Waals surface area contributed by atoms with Crippen molar-refractivity contribution in [3.63, 3.8) is 0 Å². The summed E-state index contributed by atoms with van der Waals surface area (Å²) >= 11 is 0. The van der Waals surface area contributed by atoms with Crippen molar-refractivity contribution in [2.24, 2.45) is 0 Å². The zero-order valence-corrected chi connectivity index (χ0v) is 10.6. The maximum atomic E-state index is 11.5. The average Bonchev–Trinajstić information content (AvgIpc) is 2.31. The third-order valence-corrected chi connectivity index (χ3v) is 4.25. The molecule has 2 rings (SSSR count). The number of likely N-dealkylation sites (tertiary alicyclic amines) is 1. The topological polar surface area (TPSA) is 20.3 Å². The van der Waals surface area contributed by atoms with E-state index in [-0.39, 0.29) is 0 Å². The summed E-state index contributed by atoms with van der Waals surface area (Å²) in [6.07, 6.45) is 11.0. The quantitative estimate of drug-likeness (QED) is 0.732. The van der Waals surface area contributed by atoms with Crippen LogP contribution in [0.4, 0.5) is 0 Å². The number of carbonyl (C=O) groups excluding carboxylic acids is 1. The van der Waals surface area contributed by atoms with Gasteiger partial charge in [0.25, 0.3) is 0 Å². The van der Waals surface area contributed by atoms with Gasteiger partial charge in [-0.1, -0.05) is 32.6 Å². The monoisotopic (exact) mass is 223 g/mol. The molecule has 1 aliphatic carbocycles. The summed E-state index contributed by atoms with van der Waals surface area (Å²) in [7, 11) is 0. The van der Waals surface area contributed by atoms with Crippen LogP contribution in [-0.2, 0) is 4.79 Å². The lowest BCUT2D eigenvalue weighted by molar-refractivity contribution is -0.124. The van der Waals surface area contributed by atoms with Gasteiger partial charge in [0.15, 0.2) is 0 Å². The van der Waals surface area contributed by atoms with Crippen LogP contribution in [0, 0.1) is 0 Å². The summed E-state index contributed by atoms with van der Waals surface area (Å²) in [5, 5.41) is 0. The van der Waals surface area contributed by atoms with E-state index < -0.39 is 0 Å².